The number of hydrogen-bond donors (Lipinski definition) is 3. The van der Waals surface area contributed by atoms with E-state index in [1.807, 2.05) is 35.7 Å². The number of hydrogen-bond acceptors (Lipinski definition) is 5. The first kappa shape index (κ1) is 17.9. The monoisotopic (exact) mass is 346 g/mol. The van der Waals surface area contributed by atoms with E-state index in [4.69, 9.17) is 0 Å². The van der Waals surface area contributed by atoms with Gasteiger partial charge in [-0.05, 0) is 24.3 Å². The number of nitriles is 1. The number of carbonyl (C=O) groups excluding carboxylic acids is 1. The highest BCUT2D eigenvalue weighted by Gasteiger charge is 2.37. The third kappa shape index (κ3) is 4.32. The van der Waals surface area contributed by atoms with Crippen LogP contribution in [0.15, 0.2) is 40.1 Å². The molecule has 1 amide bonds. The van der Waals surface area contributed by atoms with Gasteiger partial charge < -0.3 is 16.0 Å². The molecule has 0 aliphatic carbocycles. The van der Waals surface area contributed by atoms with Gasteiger partial charge in [0.15, 0.2) is 5.54 Å². The van der Waals surface area contributed by atoms with Crippen LogP contribution < -0.4 is 16.0 Å². The van der Waals surface area contributed by atoms with E-state index in [2.05, 4.69) is 27.0 Å². The van der Waals surface area contributed by atoms with Gasteiger partial charge >= 0.3 is 0 Å². The zero-order valence-electron chi connectivity index (χ0n) is 13.9. The summed E-state index contributed by atoms with van der Waals surface area (Å²) in [5, 5.41) is 21.6. The topological polar surface area (TPSA) is 92.5 Å². The summed E-state index contributed by atoms with van der Waals surface area (Å²) in [6.45, 7) is 4.62. The summed E-state index contributed by atoms with van der Waals surface area (Å²) in [6, 6.07) is 2.40. The maximum Gasteiger partial charge on any atom is 0.216 e. The number of nitrogens with zero attached hydrogens (tertiary/aromatic N) is 3. The average Bonchev–Trinajstić information content (AvgIpc) is 3.09. The van der Waals surface area contributed by atoms with Crippen LogP contribution in [0, 0.1) is 11.3 Å². The van der Waals surface area contributed by atoms with Crippen molar-refractivity contribution in [1.82, 2.24) is 20.9 Å². The summed E-state index contributed by atoms with van der Waals surface area (Å²) < 4.78 is 0. The second-order valence-electron chi connectivity index (χ2n) is 5.34. The Balaban J connectivity index is 2.15. The summed E-state index contributed by atoms with van der Waals surface area (Å²) in [7, 11) is 0. The molecule has 0 fully saturated rings. The van der Waals surface area contributed by atoms with Crippen LogP contribution in [-0.2, 0) is 4.79 Å². The number of nitrogens with one attached hydrogen (secondary N) is 3. The number of amides is 1. The Kier molecular flexibility index (Phi) is 6.32. The molecule has 2 aliphatic heterocycles. The second kappa shape index (κ2) is 8.45. The molecule has 7 nitrogen and oxygen atoms in total. The van der Waals surface area contributed by atoms with Crippen molar-refractivity contribution in [2.45, 2.75) is 32.2 Å². The van der Waals surface area contributed by atoms with E-state index in [1.165, 1.54) is 6.92 Å². The summed E-state index contributed by atoms with van der Waals surface area (Å²) >= 11 is 1.56. The Bertz CT molecular complexity index is 623. The first-order valence-corrected chi connectivity index (χ1v) is 8.73. The molecule has 0 spiro atoms. The molecule has 2 aliphatic rings. The molecule has 0 bridgehead atoms. The standard InChI is InChI=1S/C16H22N6OS/c1-3-16(12-17)5-8-21-15(20-7-4-6-18-13(2)23)22(16)11-14-19-9-10-24-14/h5,8-11,19H,3-4,6-7H2,1-2H3,(H,18,23)(H,20,21). The van der Waals surface area contributed by atoms with Gasteiger partial charge in [0, 0.05) is 38.6 Å². The van der Waals surface area contributed by atoms with Crippen molar-refractivity contribution in [2.24, 2.45) is 4.99 Å². The number of aliphatic imine (C=N–C) groups is 1. The summed E-state index contributed by atoms with van der Waals surface area (Å²) in [5.41, 5.74) is -0.764. The lowest BCUT2D eigenvalue weighted by atomic mass is 9.95. The van der Waals surface area contributed by atoms with Crippen LogP contribution >= 0.6 is 11.8 Å². The highest BCUT2D eigenvalue weighted by Crippen LogP contribution is 2.28. The van der Waals surface area contributed by atoms with Crippen LogP contribution in [0.25, 0.3) is 0 Å². The maximum absolute atomic E-state index is 10.9. The molecule has 0 aromatic rings. The molecule has 1 unspecified atom stereocenters. The van der Waals surface area contributed by atoms with Gasteiger partial charge in [0.05, 0.1) is 11.1 Å². The summed E-state index contributed by atoms with van der Waals surface area (Å²) in [4.78, 5) is 17.3. The highest BCUT2D eigenvalue weighted by molar-refractivity contribution is 8.06. The highest BCUT2D eigenvalue weighted by atomic mass is 32.2. The number of rotatable bonds is 6. The number of guanidine groups is 1. The minimum atomic E-state index is -0.764. The molecule has 0 aromatic heterocycles. The predicted molar refractivity (Wildman–Crippen MR) is 96.3 cm³/mol. The molecule has 3 N–H and O–H groups in total. The van der Waals surface area contributed by atoms with E-state index in [0.29, 0.717) is 25.5 Å². The van der Waals surface area contributed by atoms with Crippen LogP contribution in [0.1, 0.15) is 26.7 Å². The predicted octanol–water partition coefficient (Wildman–Crippen LogP) is 1.57. The third-order valence-electron chi connectivity index (χ3n) is 3.67. The summed E-state index contributed by atoms with van der Waals surface area (Å²) in [6.07, 6.45) is 8.75. The van der Waals surface area contributed by atoms with E-state index in [1.54, 1.807) is 18.0 Å². The minimum absolute atomic E-state index is 0.0425. The first-order valence-electron chi connectivity index (χ1n) is 7.85. The normalized spacial score (nSPS) is 25.5. The molecular weight excluding hydrogens is 324 g/mol. The van der Waals surface area contributed by atoms with Crippen LogP contribution in [-0.4, -0.2) is 35.4 Å². The van der Waals surface area contributed by atoms with Crippen molar-refractivity contribution in [3.05, 3.63) is 35.1 Å². The Hall–Kier alpha value is -2.40. The molecule has 2 heterocycles. The van der Waals surface area contributed by atoms with Crippen molar-refractivity contribution < 1.29 is 4.79 Å². The molecule has 128 valence electrons. The molecule has 0 saturated heterocycles. The number of thioether (sulfide) groups is 1. The molecule has 0 radical (unpaired) electrons. The molecule has 24 heavy (non-hydrogen) atoms. The zero-order chi connectivity index (χ0) is 17.4. The van der Waals surface area contributed by atoms with Crippen LogP contribution in [0.3, 0.4) is 0 Å². The molecule has 0 aromatic carbocycles. The van der Waals surface area contributed by atoms with Gasteiger partial charge in [0.2, 0.25) is 11.9 Å². The van der Waals surface area contributed by atoms with Gasteiger partial charge in [-0.1, -0.05) is 18.7 Å². The zero-order valence-corrected chi connectivity index (χ0v) is 14.7. The van der Waals surface area contributed by atoms with Gasteiger partial charge in [-0.25, -0.2) is 0 Å². The van der Waals surface area contributed by atoms with Crippen LogP contribution in [0.5, 0.6) is 0 Å². The lowest BCUT2D eigenvalue weighted by Gasteiger charge is -2.38. The summed E-state index contributed by atoms with van der Waals surface area (Å²) in [5.74, 6) is 0.588. The SMILES string of the molecule is CCC1(C#N)C=CNC(=NCCCNC(C)=O)N1C=C1NC=CS1. The maximum atomic E-state index is 10.9. The first-order chi connectivity index (χ1) is 11.6. The van der Waals surface area contributed by atoms with Crippen molar-refractivity contribution in [1.29, 1.82) is 5.26 Å². The Morgan fingerprint density at radius 3 is 3.00 bits per heavy atom. The third-order valence-corrected chi connectivity index (χ3v) is 4.42. The molecule has 2 rings (SSSR count). The fourth-order valence-corrected chi connectivity index (χ4v) is 2.91. The Morgan fingerprint density at radius 2 is 2.38 bits per heavy atom. The van der Waals surface area contributed by atoms with Crippen molar-refractivity contribution in [2.75, 3.05) is 13.1 Å². The lowest BCUT2D eigenvalue weighted by Crippen LogP contribution is -2.53. The van der Waals surface area contributed by atoms with Crippen LogP contribution in [0.4, 0.5) is 0 Å². The Labute approximate surface area is 146 Å². The van der Waals surface area contributed by atoms with Gasteiger partial charge in [-0.3, -0.25) is 14.7 Å². The lowest BCUT2D eigenvalue weighted by molar-refractivity contribution is -0.118. The van der Waals surface area contributed by atoms with E-state index in [9.17, 15) is 10.1 Å². The van der Waals surface area contributed by atoms with Crippen molar-refractivity contribution in [3.63, 3.8) is 0 Å². The van der Waals surface area contributed by atoms with Gasteiger partial charge in [0.1, 0.15) is 0 Å². The number of carbonyl (C=O) groups is 1. The van der Waals surface area contributed by atoms with Crippen molar-refractivity contribution in [3.8, 4) is 6.07 Å². The van der Waals surface area contributed by atoms with E-state index >= 15 is 0 Å². The minimum Gasteiger partial charge on any atom is -0.356 e. The van der Waals surface area contributed by atoms with Crippen LogP contribution in [0.2, 0.25) is 0 Å². The molecule has 8 heteroatoms. The smallest absolute Gasteiger partial charge is 0.216 e. The van der Waals surface area contributed by atoms with E-state index < -0.39 is 5.54 Å². The van der Waals surface area contributed by atoms with Gasteiger partial charge in [-0.15, -0.1) is 0 Å². The fourth-order valence-electron chi connectivity index (χ4n) is 2.32. The second-order valence-corrected chi connectivity index (χ2v) is 6.29. The van der Waals surface area contributed by atoms with E-state index in [0.717, 1.165) is 11.4 Å². The molecule has 0 saturated carbocycles. The van der Waals surface area contributed by atoms with Crippen molar-refractivity contribution >= 4 is 23.6 Å². The molecular formula is C16H22N6OS. The quantitative estimate of drug-likeness (QED) is 0.632. The largest absolute Gasteiger partial charge is 0.356 e. The average molecular weight is 346 g/mol. The fraction of sp³-hybridized carbons (Fsp3) is 0.438. The van der Waals surface area contributed by atoms with E-state index in [-0.39, 0.29) is 5.91 Å². The van der Waals surface area contributed by atoms with Gasteiger partial charge in [-0.2, -0.15) is 5.26 Å². The Morgan fingerprint density at radius 1 is 1.54 bits per heavy atom. The molecule has 1 atom stereocenters. The van der Waals surface area contributed by atoms with Gasteiger partial charge in [0.25, 0.3) is 0 Å².